The van der Waals surface area contributed by atoms with E-state index < -0.39 is 0 Å². The Hall–Kier alpha value is -0.120. The van der Waals surface area contributed by atoms with Gasteiger partial charge in [0.05, 0.1) is 12.2 Å². The average molecular weight is 243 g/mol. The Morgan fingerprint density at radius 1 is 1.41 bits per heavy atom. The Morgan fingerprint density at radius 3 is 2.76 bits per heavy atom. The molecule has 0 amide bonds. The highest BCUT2D eigenvalue weighted by atomic mass is 16.5. The van der Waals surface area contributed by atoms with Crippen LogP contribution in [0.4, 0.5) is 0 Å². The first-order valence-corrected chi connectivity index (χ1v) is 7.13. The highest BCUT2D eigenvalue weighted by molar-refractivity contribution is 4.76. The van der Waals surface area contributed by atoms with Crippen LogP contribution in [0, 0.1) is 0 Å². The first kappa shape index (κ1) is 14.9. The van der Waals surface area contributed by atoms with Crippen molar-refractivity contribution in [1.29, 1.82) is 0 Å². The van der Waals surface area contributed by atoms with Crippen molar-refractivity contribution in [2.24, 2.45) is 0 Å². The van der Waals surface area contributed by atoms with Crippen molar-refractivity contribution in [2.45, 2.75) is 70.1 Å². The summed E-state index contributed by atoms with van der Waals surface area (Å²) in [6.07, 6.45) is 9.35. The topological polar surface area (TPSA) is 30.5 Å². The summed E-state index contributed by atoms with van der Waals surface area (Å²) in [6.45, 7) is 3.18. The molecule has 1 rings (SSSR count). The van der Waals surface area contributed by atoms with Gasteiger partial charge in [0.25, 0.3) is 0 Å². The third kappa shape index (κ3) is 5.36. The Labute approximate surface area is 106 Å². The molecule has 0 aromatic carbocycles. The lowest BCUT2D eigenvalue weighted by Crippen LogP contribution is -2.38. The number of hydrogen-bond acceptors (Lipinski definition) is 3. The molecule has 0 radical (unpaired) electrons. The molecule has 1 heterocycles. The number of ether oxygens (including phenoxy) is 2. The van der Waals surface area contributed by atoms with E-state index in [-0.39, 0.29) is 0 Å². The van der Waals surface area contributed by atoms with Gasteiger partial charge in [-0.05, 0) is 45.6 Å². The van der Waals surface area contributed by atoms with Crippen LogP contribution in [0.25, 0.3) is 0 Å². The maximum absolute atomic E-state index is 5.65. The molecule has 0 aromatic rings. The van der Waals surface area contributed by atoms with Crippen molar-refractivity contribution in [3.05, 3.63) is 0 Å². The Morgan fingerprint density at radius 2 is 2.24 bits per heavy atom. The maximum Gasteiger partial charge on any atom is 0.0724 e. The fraction of sp³-hybridized carbons (Fsp3) is 1.00. The fourth-order valence-corrected chi connectivity index (χ4v) is 2.72. The van der Waals surface area contributed by atoms with E-state index in [1.807, 2.05) is 14.2 Å². The van der Waals surface area contributed by atoms with E-state index in [2.05, 4.69) is 12.2 Å². The average Bonchev–Trinajstić information content (AvgIpc) is 2.85. The van der Waals surface area contributed by atoms with E-state index in [0.29, 0.717) is 18.2 Å². The molecule has 0 aromatic heterocycles. The lowest BCUT2D eigenvalue weighted by Gasteiger charge is -2.25. The van der Waals surface area contributed by atoms with Crippen LogP contribution in [0.2, 0.25) is 0 Å². The molecule has 0 aliphatic carbocycles. The van der Waals surface area contributed by atoms with E-state index in [4.69, 9.17) is 9.47 Å². The van der Waals surface area contributed by atoms with Gasteiger partial charge >= 0.3 is 0 Å². The number of hydrogen-bond donors (Lipinski definition) is 1. The Kier molecular flexibility index (Phi) is 7.82. The van der Waals surface area contributed by atoms with Gasteiger partial charge in [0, 0.05) is 19.8 Å². The van der Waals surface area contributed by atoms with Gasteiger partial charge in [-0.15, -0.1) is 0 Å². The van der Waals surface area contributed by atoms with Gasteiger partial charge in [-0.1, -0.05) is 13.3 Å². The summed E-state index contributed by atoms with van der Waals surface area (Å²) in [7, 11) is 3.86. The standard InChI is InChI=1S/C14H29NO2/c1-4-7-14(16-3)13(15-2)10-5-8-12-9-6-11-17-12/h12-15H,4-11H2,1-3H3. The molecule has 0 spiro atoms. The summed E-state index contributed by atoms with van der Waals surface area (Å²) in [5.74, 6) is 0. The SMILES string of the molecule is CCCC(OC)C(CCCC1CCCO1)NC. The molecule has 1 aliphatic rings. The number of likely N-dealkylation sites (N-methyl/N-ethyl adjacent to an activating group) is 1. The van der Waals surface area contributed by atoms with Crippen LogP contribution in [0.3, 0.4) is 0 Å². The van der Waals surface area contributed by atoms with Gasteiger partial charge in [-0.3, -0.25) is 0 Å². The van der Waals surface area contributed by atoms with Crippen molar-refractivity contribution < 1.29 is 9.47 Å². The predicted octanol–water partition coefficient (Wildman–Crippen LogP) is 2.74. The van der Waals surface area contributed by atoms with Crippen molar-refractivity contribution in [3.63, 3.8) is 0 Å². The summed E-state index contributed by atoms with van der Waals surface area (Å²) in [5, 5.41) is 3.40. The second-order valence-electron chi connectivity index (χ2n) is 5.02. The van der Waals surface area contributed by atoms with Gasteiger partial charge in [-0.25, -0.2) is 0 Å². The maximum atomic E-state index is 5.65. The molecule has 1 aliphatic heterocycles. The first-order chi connectivity index (χ1) is 8.31. The Balaban J connectivity index is 2.20. The summed E-state index contributed by atoms with van der Waals surface area (Å²) in [5.41, 5.74) is 0. The molecule has 0 saturated carbocycles. The zero-order valence-electron chi connectivity index (χ0n) is 11.7. The van der Waals surface area contributed by atoms with Crippen LogP contribution in [0.5, 0.6) is 0 Å². The molecule has 3 unspecified atom stereocenters. The largest absolute Gasteiger partial charge is 0.380 e. The quantitative estimate of drug-likeness (QED) is 0.675. The van der Waals surface area contributed by atoms with Gasteiger partial charge in [0.2, 0.25) is 0 Å². The summed E-state index contributed by atoms with van der Waals surface area (Å²) in [6, 6.07) is 0.487. The number of nitrogens with one attached hydrogen (secondary N) is 1. The van der Waals surface area contributed by atoms with Gasteiger partial charge in [0.1, 0.15) is 0 Å². The molecule has 17 heavy (non-hydrogen) atoms. The van der Waals surface area contributed by atoms with E-state index in [9.17, 15) is 0 Å². The fourth-order valence-electron chi connectivity index (χ4n) is 2.72. The summed E-state index contributed by atoms with van der Waals surface area (Å²) >= 11 is 0. The van der Waals surface area contributed by atoms with E-state index in [1.54, 1.807) is 0 Å². The predicted molar refractivity (Wildman–Crippen MR) is 71.4 cm³/mol. The van der Waals surface area contributed by atoms with Crippen molar-refractivity contribution in [2.75, 3.05) is 20.8 Å². The zero-order valence-corrected chi connectivity index (χ0v) is 11.7. The first-order valence-electron chi connectivity index (χ1n) is 7.13. The molecule has 1 fully saturated rings. The Bertz CT molecular complexity index is 181. The molecule has 3 atom stereocenters. The lowest BCUT2D eigenvalue weighted by molar-refractivity contribution is 0.0562. The number of rotatable bonds is 9. The van der Waals surface area contributed by atoms with E-state index in [1.165, 1.54) is 38.5 Å². The molecule has 1 saturated heterocycles. The van der Waals surface area contributed by atoms with Crippen LogP contribution in [0.1, 0.15) is 51.9 Å². The van der Waals surface area contributed by atoms with Crippen molar-refractivity contribution in [1.82, 2.24) is 5.32 Å². The van der Waals surface area contributed by atoms with Crippen LogP contribution in [-0.4, -0.2) is 39.0 Å². The summed E-state index contributed by atoms with van der Waals surface area (Å²) in [4.78, 5) is 0. The summed E-state index contributed by atoms with van der Waals surface area (Å²) < 4.78 is 11.2. The van der Waals surface area contributed by atoms with Gasteiger partial charge < -0.3 is 14.8 Å². The van der Waals surface area contributed by atoms with Crippen molar-refractivity contribution in [3.8, 4) is 0 Å². The normalized spacial score (nSPS) is 23.8. The monoisotopic (exact) mass is 243 g/mol. The minimum absolute atomic E-state index is 0.356. The second kappa shape index (κ2) is 8.90. The third-order valence-electron chi connectivity index (χ3n) is 3.76. The molecule has 102 valence electrons. The molecular weight excluding hydrogens is 214 g/mol. The van der Waals surface area contributed by atoms with Gasteiger partial charge in [0.15, 0.2) is 0 Å². The zero-order chi connectivity index (χ0) is 12.5. The van der Waals surface area contributed by atoms with Crippen LogP contribution in [0.15, 0.2) is 0 Å². The van der Waals surface area contributed by atoms with Crippen LogP contribution >= 0.6 is 0 Å². The smallest absolute Gasteiger partial charge is 0.0724 e. The third-order valence-corrected chi connectivity index (χ3v) is 3.76. The molecule has 3 heteroatoms. The van der Waals surface area contributed by atoms with E-state index in [0.717, 1.165) is 13.0 Å². The molecule has 3 nitrogen and oxygen atoms in total. The minimum atomic E-state index is 0.356. The highest BCUT2D eigenvalue weighted by Gasteiger charge is 2.20. The van der Waals surface area contributed by atoms with Crippen molar-refractivity contribution >= 4 is 0 Å². The van der Waals surface area contributed by atoms with Crippen LogP contribution < -0.4 is 5.32 Å². The number of methoxy groups -OCH3 is 1. The molecular formula is C14H29NO2. The second-order valence-corrected chi connectivity index (χ2v) is 5.02. The highest BCUT2D eigenvalue weighted by Crippen LogP contribution is 2.19. The van der Waals surface area contributed by atoms with Crippen LogP contribution in [-0.2, 0) is 9.47 Å². The lowest BCUT2D eigenvalue weighted by atomic mass is 9.99. The van der Waals surface area contributed by atoms with E-state index >= 15 is 0 Å². The minimum Gasteiger partial charge on any atom is -0.380 e. The molecule has 1 N–H and O–H groups in total. The van der Waals surface area contributed by atoms with Gasteiger partial charge in [-0.2, -0.15) is 0 Å². The molecule has 0 bridgehead atoms.